The molecule has 0 spiro atoms. The predicted molar refractivity (Wildman–Crippen MR) is 65.9 cm³/mol. The van der Waals surface area contributed by atoms with Crippen molar-refractivity contribution in [3.05, 3.63) is 0 Å². The van der Waals surface area contributed by atoms with Crippen LogP contribution in [-0.2, 0) is 9.59 Å². The average molecular weight is 273 g/mol. The number of likely N-dealkylation sites (N-methyl/N-ethyl adjacent to an activating group) is 1. The van der Waals surface area contributed by atoms with Gasteiger partial charge < -0.3 is 25.7 Å². The molecule has 0 bridgehead atoms. The Kier molecular flexibility index (Phi) is 5.56. The summed E-state index contributed by atoms with van der Waals surface area (Å²) in [7, 11) is 1.96. The Morgan fingerprint density at radius 2 is 1.95 bits per heavy atom. The molecule has 1 aliphatic carbocycles. The monoisotopic (exact) mass is 273 g/mol. The first-order chi connectivity index (χ1) is 8.90. The Labute approximate surface area is 110 Å². The largest absolute Gasteiger partial charge is 0.481 e. The Morgan fingerprint density at radius 1 is 1.32 bits per heavy atom. The molecule has 0 aromatic rings. The molecule has 108 valence electrons. The summed E-state index contributed by atoms with van der Waals surface area (Å²) in [6.07, 6.45) is 1.69. The molecule has 0 aromatic carbocycles. The van der Waals surface area contributed by atoms with Crippen LogP contribution in [0.2, 0.25) is 0 Å². The van der Waals surface area contributed by atoms with E-state index in [9.17, 15) is 14.4 Å². The molecule has 0 saturated heterocycles. The number of urea groups is 1. The number of carbonyl (C=O) groups excluding carboxylic acids is 1. The molecule has 0 aromatic heterocycles. The summed E-state index contributed by atoms with van der Waals surface area (Å²) < 4.78 is 0. The van der Waals surface area contributed by atoms with E-state index in [0.717, 1.165) is 0 Å². The van der Waals surface area contributed by atoms with E-state index in [1.54, 1.807) is 0 Å². The highest BCUT2D eigenvalue weighted by Gasteiger charge is 2.26. The zero-order chi connectivity index (χ0) is 14.4. The molecule has 4 N–H and O–H groups in total. The Hall–Kier alpha value is -1.83. The van der Waals surface area contributed by atoms with Crippen LogP contribution in [0, 0.1) is 0 Å². The molecule has 0 aliphatic heterocycles. The zero-order valence-electron chi connectivity index (χ0n) is 10.8. The SMILES string of the molecule is CN(CCNC(=O)N[C@H](CC(=O)O)C(=O)O)C1CC1. The van der Waals surface area contributed by atoms with Crippen molar-refractivity contribution >= 4 is 18.0 Å². The van der Waals surface area contributed by atoms with Crippen molar-refractivity contribution in [1.82, 2.24) is 15.5 Å². The smallest absolute Gasteiger partial charge is 0.326 e. The molecule has 1 fully saturated rings. The summed E-state index contributed by atoms with van der Waals surface area (Å²) in [5, 5.41) is 21.9. The fraction of sp³-hybridized carbons (Fsp3) is 0.727. The van der Waals surface area contributed by atoms with Crippen LogP contribution >= 0.6 is 0 Å². The van der Waals surface area contributed by atoms with Gasteiger partial charge in [-0.3, -0.25) is 4.79 Å². The summed E-state index contributed by atoms with van der Waals surface area (Å²) in [5.74, 6) is -2.64. The first-order valence-corrected chi connectivity index (χ1v) is 6.09. The minimum atomic E-state index is -1.42. The number of carbonyl (C=O) groups is 3. The molecular formula is C11H19N3O5. The lowest BCUT2D eigenvalue weighted by Gasteiger charge is -2.17. The second-order valence-corrected chi connectivity index (χ2v) is 4.60. The van der Waals surface area contributed by atoms with Crippen molar-refractivity contribution in [3.8, 4) is 0 Å². The lowest BCUT2D eigenvalue weighted by molar-refractivity contribution is -0.145. The number of nitrogens with zero attached hydrogens (tertiary/aromatic N) is 1. The van der Waals surface area contributed by atoms with Crippen molar-refractivity contribution < 1.29 is 24.6 Å². The number of hydrogen-bond donors (Lipinski definition) is 4. The van der Waals surface area contributed by atoms with Crippen molar-refractivity contribution in [2.24, 2.45) is 0 Å². The molecule has 8 heteroatoms. The third kappa shape index (κ3) is 6.05. The van der Waals surface area contributed by atoms with Crippen molar-refractivity contribution in [2.75, 3.05) is 20.1 Å². The van der Waals surface area contributed by atoms with E-state index in [0.29, 0.717) is 19.1 Å². The maximum Gasteiger partial charge on any atom is 0.326 e. The third-order valence-corrected chi connectivity index (χ3v) is 2.90. The number of carboxylic acids is 2. The summed E-state index contributed by atoms with van der Waals surface area (Å²) >= 11 is 0. The predicted octanol–water partition coefficient (Wildman–Crippen LogP) is -0.692. The van der Waals surface area contributed by atoms with Gasteiger partial charge in [-0.1, -0.05) is 0 Å². The van der Waals surface area contributed by atoms with E-state index < -0.39 is 30.4 Å². The quantitative estimate of drug-likeness (QED) is 0.464. The van der Waals surface area contributed by atoms with Crippen molar-refractivity contribution in [1.29, 1.82) is 0 Å². The second-order valence-electron chi connectivity index (χ2n) is 4.60. The maximum atomic E-state index is 11.4. The van der Waals surface area contributed by atoms with Crippen LogP contribution in [0.15, 0.2) is 0 Å². The first-order valence-electron chi connectivity index (χ1n) is 6.09. The molecule has 1 aliphatic rings. The fourth-order valence-electron chi connectivity index (χ4n) is 1.63. The van der Waals surface area contributed by atoms with Gasteiger partial charge in [0.15, 0.2) is 0 Å². The van der Waals surface area contributed by atoms with Gasteiger partial charge in [0.1, 0.15) is 6.04 Å². The lowest BCUT2D eigenvalue weighted by Crippen LogP contribution is -2.48. The molecule has 8 nitrogen and oxygen atoms in total. The van der Waals surface area contributed by atoms with Gasteiger partial charge in [0.05, 0.1) is 6.42 Å². The highest BCUT2D eigenvalue weighted by atomic mass is 16.4. The standard InChI is InChI=1S/C11H19N3O5/c1-14(7-2-3-7)5-4-12-11(19)13-8(10(17)18)6-9(15)16/h7-8H,2-6H2,1H3,(H,15,16)(H,17,18)(H2,12,13,19)/t8-/m1/s1. The van der Waals surface area contributed by atoms with E-state index in [2.05, 4.69) is 15.5 Å². The van der Waals surface area contributed by atoms with E-state index >= 15 is 0 Å². The summed E-state index contributed by atoms with van der Waals surface area (Å²) in [5.41, 5.74) is 0. The van der Waals surface area contributed by atoms with Gasteiger partial charge >= 0.3 is 18.0 Å². The number of rotatable bonds is 8. The van der Waals surface area contributed by atoms with Gasteiger partial charge in [-0.2, -0.15) is 0 Å². The molecule has 19 heavy (non-hydrogen) atoms. The first kappa shape index (κ1) is 15.2. The minimum absolute atomic E-state index is 0.387. The summed E-state index contributed by atoms with van der Waals surface area (Å²) in [6.45, 7) is 1.06. The number of nitrogens with one attached hydrogen (secondary N) is 2. The van der Waals surface area contributed by atoms with E-state index in [1.165, 1.54) is 12.8 Å². The third-order valence-electron chi connectivity index (χ3n) is 2.90. The molecule has 2 amide bonds. The van der Waals surface area contributed by atoms with E-state index in [4.69, 9.17) is 10.2 Å². The summed E-state index contributed by atoms with van der Waals surface area (Å²) in [4.78, 5) is 34.7. The van der Waals surface area contributed by atoms with Crippen molar-refractivity contribution in [3.63, 3.8) is 0 Å². The van der Waals surface area contributed by atoms with Crippen LogP contribution in [0.3, 0.4) is 0 Å². The lowest BCUT2D eigenvalue weighted by atomic mass is 10.2. The Bertz CT molecular complexity index is 356. The highest BCUT2D eigenvalue weighted by Crippen LogP contribution is 2.24. The number of aliphatic carboxylic acids is 2. The number of hydrogen-bond acceptors (Lipinski definition) is 4. The molecule has 0 radical (unpaired) electrons. The van der Waals surface area contributed by atoms with Gasteiger partial charge in [0.2, 0.25) is 0 Å². The van der Waals surface area contributed by atoms with E-state index in [1.807, 2.05) is 7.05 Å². The minimum Gasteiger partial charge on any atom is -0.481 e. The Morgan fingerprint density at radius 3 is 2.42 bits per heavy atom. The van der Waals surface area contributed by atoms with Crippen LogP contribution in [0.25, 0.3) is 0 Å². The van der Waals surface area contributed by atoms with Crippen LogP contribution in [0.4, 0.5) is 4.79 Å². The molecule has 1 atom stereocenters. The second kappa shape index (κ2) is 6.93. The van der Waals surface area contributed by atoms with Crippen LogP contribution in [0.5, 0.6) is 0 Å². The van der Waals surface area contributed by atoms with Gasteiger partial charge in [-0.25, -0.2) is 9.59 Å². The van der Waals surface area contributed by atoms with Gasteiger partial charge in [-0.15, -0.1) is 0 Å². The van der Waals surface area contributed by atoms with Crippen LogP contribution in [-0.4, -0.2) is 65.3 Å². The topological polar surface area (TPSA) is 119 Å². The van der Waals surface area contributed by atoms with Crippen LogP contribution < -0.4 is 10.6 Å². The van der Waals surface area contributed by atoms with E-state index in [-0.39, 0.29) is 0 Å². The van der Waals surface area contributed by atoms with Gasteiger partial charge in [0, 0.05) is 19.1 Å². The average Bonchev–Trinajstić information content (AvgIpc) is 3.10. The van der Waals surface area contributed by atoms with Gasteiger partial charge in [-0.05, 0) is 19.9 Å². The maximum absolute atomic E-state index is 11.4. The number of carboxylic acid groups (broad SMARTS) is 2. The summed E-state index contributed by atoms with van der Waals surface area (Å²) in [6, 6.07) is -1.50. The fourth-order valence-corrected chi connectivity index (χ4v) is 1.63. The highest BCUT2D eigenvalue weighted by molar-refractivity contribution is 5.86. The zero-order valence-corrected chi connectivity index (χ0v) is 10.8. The molecule has 0 unspecified atom stereocenters. The molecule has 1 rings (SSSR count). The Balaban J connectivity index is 2.23. The van der Waals surface area contributed by atoms with Crippen molar-refractivity contribution in [2.45, 2.75) is 31.3 Å². The van der Waals surface area contributed by atoms with Crippen LogP contribution in [0.1, 0.15) is 19.3 Å². The normalized spacial score (nSPS) is 15.9. The van der Waals surface area contributed by atoms with Gasteiger partial charge in [0.25, 0.3) is 0 Å². The molecule has 1 saturated carbocycles. The molecule has 0 heterocycles. The number of amides is 2. The molecular weight excluding hydrogens is 254 g/mol.